The van der Waals surface area contributed by atoms with E-state index in [1.165, 1.54) is 0 Å². The average molecular weight is 182 g/mol. The first kappa shape index (κ1) is 10.2. The molecule has 0 saturated carbocycles. The van der Waals surface area contributed by atoms with Crippen LogP contribution in [-0.4, -0.2) is 28.4 Å². The Morgan fingerprint density at radius 2 is 2.15 bits per heavy atom. The van der Waals surface area contributed by atoms with Crippen LogP contribution in [0.15, 0.2) is 0 Å². The van der Waals surface area contributed by atoms with Crippen LogP contribution >= 0.6 is 0 Å². The van der Waals surface area contributed by atoms with E-state index in [9.17, 15) is 0 Å². The maximum atomic E-state index is 4.41. The molecule has 0 radical (unpaired) electrons. The van der Waals surface area contributed by atoms with Gasteiger partial charge in [-0.3, -0.25) is 0 Å². The van der Waals surface area contributed by atoms with Crippen LogP contribution in [0.4, 0.5) is 0 Å². The maximum Gasteiger partial charge on any atom is 0.153 e. The number of nitrogens with zero attached hydrogens (tertiary/aromatic N) is 3. The first-order valence-electron chi connectivity index (χ1n) is 4.71. The smallest absolute Gasteiger partial charge is 0.153 e. The van der Waals surface area contributed by atoms with Gasteiger partial charge in [0, 0.05) is 12.5 Å². The van der Waals surface area contributed by atoms with Crippen molar-refractivity contribution < 1.29 is 0 Å². The normalized spacial score (nSPS) is 11.2. The lowest BCUT2D eigenvalue weighted by Gasteiger charge is -2.01. The van der Waals surface area contributed by atoms with Gasteiger partial charge >= 0.3 is 0 Å². The Balaban J connectivity index is 2.71. The molecule has 0 spiro atoms. The molecule has 0 fully saturated rings. The van der Waals surface area contributed by atoms with Crippen LogP contribution in [0.2, 0.25) is 0 Å². The molecule has 4 nitrogen and oxygen atoms in total. The largest absolute Gasteiger partial charge is 0.318 e. The molecule has 1 N–H and O–H groups in total. The number of likely N-dealkylation sites (N-methyl/N-ethyl adjacent to an activating group) is 1. The molecule has 0 atom stereocenters. The second-order valence-corrected chi connectivity index (χ2v) is 3.50. The summed E-state index contributed by atoms with van der Waals surface area (Å²) < 4.78 is 1.95. The minimum atomic E-state index is 0.412. The maximum absolute atomic E-state index is 4.41. The monoisotopic (exact) mass is 182 g/mol. The predicted octanol–water partition coefficient (Wildman–Crippen LogP) is 0.929. The first-order valence-corrected chi connectivity index (χ1v) is 4.71. The van der Waals surface area contributed by atoms with E-state index >= 15 is 0 Å². The third-order valence-corrected chi connectivity index (χ3v) is 1.96. The topological polar surface area (TPSA) is 42.7 Å². The van der Waals surface area contributed by atoms with Gasteiger partial charge in [0.2, 0.25) is 0 Å². The van der Waals surface area contributed by atoms with Gasteiger partial charge < -0.3 is 5.32 Å². The molecule has 1 rings (SSSR count). The second kappa shape index (κ2) is 4.37. The number of aryl methyl sites for hydroxylation is 1. The fourth-order valence-corrected chi connectivity index (χ4v) is 1.12. The summed E-state index contributed by atoms with van der Waals surface area (Å²) in [6.45, 7) is 8.03. The van der Waals surface area contributed by atoms with E-state index in [1.54, 1.807) is 0 Å². The van der Waals surface area contributed by atoms with E-state index in [0.29, 0.717) is 5.92 Å². The first-order chi connectivity index (χ1) is 6.15. The number of hydrogen-bond acceptors (Lipinski definition) is 3. The zero-order valence-electron chi connectivity index (χ0n) is 8.83. The highest BCUT2D eigenvalue weighted by molar-refractivity contribution is 4.95. The minimum absolute atomic E-state index is 0.412. The highest BCUT2D eigenvalue weighted by Gasteiger charge is 2.08. The van der Waals surface area contributed by atoms with Crippen LogP contribution in [0.25, 0.3) is 0 Å². The predicted molar refractivity (Wildman–Crippen MR) is 52.8 cm³/mol. The summed E-state index contributed by atoms with van der Waals surface area (Å²) in [4.78, 5) is 4.39. The molecule has 0 bridgehead atoms. The Morgan fingerprint density at radius 3 is 2.62 bits per heavy atom. The van der Waals surface area contributed by atoms with E-state index in [2.05, 4.69) is 29.2 Å². The van der Waals surface area contributed by atoms with Crippen LogP contribution in [0.1, 0.15) is 31.4 Å². The van der Waals surface area contributed by atoms with Gasteiger partial charge in [-0.1, -0.05) is 13.8 Å². The zero-order valence-corrected chi connectivity index (χ0v) is 8.83. The molecule has 0 unspecified atom stereocenters. The van der Waals surface area contributed by atoms with Gasteiger partial charge in [0.1, 0.15) is 5.82 Å². The molecule has 4 heteroatoms. The summed E-state index contributed by atoms with van der Waals surface area (Å²) in [5.41, 5.74) is 0. The van der Waals surface area contributed by atoms with Crippen molar-refractivity contribution in [3.8, 4) is 0 Å². The van der Waals surface area contributed by atoms with E-state index < -0.39 is 0 Å². The van der Waals surface area contributed by atoms with Gasteiger partial charge in [-0.05, 0) is 14.0 Å². The molecule has 13 heavy (non-hydrogen) atoms. The highest BCUT2D eigenvalue weighted by atomic mass is 15.3. The van der Waals surface area contributed by atoms with Gasteiger partial charge in [-0.25, -0.2) is 9.67 Å². The van der Waals surface area contributed by atoms with Crippen molar-refractivity contribution in [1.29, 1.82) is 0 Å². The lowest BCUT2D eigenvalue weighted by Crippen LogP contribution is -2.16. The Kier molecular flexibility index (Phi) is 3.42. The molecule has 0 aliphatic heterocycles. The van der Waals surface area contributed by atoms with Crippen molar-refractivity contribution in [3.05, 3.63) is 11.6 Å². The van der Waals surface area contributed by atoms with Crippen LogP contribution in [0.3, 0.4) is 0 Å². The fourth-order valence-electron chi connectivity index (χ4n) is 1.12. The van der Waals surface area contributed by atoms with E-state index in [4.69, 9.17) is 0 Å². The summed E-state index contributed by atoms with van der Waals surface area (Å²) in [6, 6.07) is 0. The molecule has 0 aromatic carbocycles. The Morgan fingerprint density at radius 1 is 1.46 bits per heavy atom. The Hall–Kier alpha value is -0.900. The van der Waals surface area contributed by atoms with Crippen molar-refractivity contribution in [2.45, 2.75) is 33.2 Å². The Bertz CT molecular complexity index is 265. The van der Waals surface area contributed by atoms with Crippen molar-refractivity contribution in [2.75, 3.05) is 13.6 Å². The van der Waals surface area contributed by atoms with Crippen molar-refractivity contribution in [3.63, 3.8) is 0 Å². The zero-order chi connectivity index (χ0) is 9.84. The van der Waals surface area contributed by atoms with Gasteiger partial charge in [-0.2, -0.15) is 5.10 Å². The molecule has 0 saturated heterocycles. The fraction of sp³-hybridized carbons (Fsp3) is 0.778. The number of rotatable bonds is 4. The van der Waals surface area contributed by atoms with Crippen LogP contribution in [0, 0.1) is 6.92 Å². The molecule has 0 aliphatic carbocycles. The number of hydrogen-bond donors (Lipinski definition) is 1. The summed E-state index contributed by atoms with van der Waals surface area (Å²) >= 11 is 0. The van der Waals surface area contributed by atoms with Crippen LogP contribution in [0.5, 0.6) is 0 Å². The molecule has 0 amide bonds. The summed E-state index contributed by atoms with van der Waals surface area (Å²) in [5, 5.41) is 7.51. The second-order valence-electron chi connectivity index (χ2n) is 3.50. The van der Waals surface area contributed by atoms with Gasteiger partial charge in [-0.15, -0.1) is 0 Å². The van der Waals surface area contributed by atoms with E-state index in [-0.39, 0.29) is 0 Å². The van der Waals surface area contributed by atoms with Crippen LogP contribution in [-0.2, 0) is 6.54 Å². The molecule has 1 heterocycles. The number of nitrogens with one attached hydrogen (secondary N) is 1. The van der Waals surface area contributed by atoms with Crippen molar-refractivity contribution in [2.24, 2.45) is 0 Å². The lowest BCUT2D eigenvalue weighted by molar-refractivity contribution is 0.561. The van der Waals surface area contributed by atoms with Gasteiger partial charge in [0.15, 0.2) is 5.82 Å². The van der Waals surface area contributed by atoms with Crippen molar-refractivity contribution >= 4 is 0 Å². The lowest BCUT2D eigenvalue weighted by atomic mass is 10.2. The van der Waals surface area contributed by atoms with E-state index in [0.717, 1.165) is 24.7 Å². The van der Waals surface area contributed by atoms with Gasteiger partial charge in [0.25, 0.3) is 0 Å². The third kappa shape index (κ3) is 2.52. The highest BCUT2D eigenvalue weighted by Crippen LogP contribution is 2.08. The number of aromatic nitrogens is 3. The van der Waals surface area contributed by atoms with Gasteiger partial charge in [0.05, 0.1) is 6.54 Å². The molecule has 74 valence electrons. The average Bonchev–Trinajstić information content (AvgIpc) is 2.44. The minimum Gasteiger partial charge on any atom is -0.318 e. The SMILES string of the molecule is CNCCn1nc(C(C)C)nc1C. The quantitative estimate of drug-likeness (QED) is 0.753. The molecule has 0 aliphatic rings. The standard InChI is InChI=1S/C9H18N4/c1-7(2)9-11-8(3)13(12-9)6-5-10-4/h7,10H,5-6H2,1-4H3. The summed E-state index contributed by atoms with van der Waals surface area (Å²) in [7, 11) is 1.94. The summed E-state index contributed by atoms with van der Waals surface area (Å²) in [6.07, 6.45) is 0. The molecular weight excluding hydrogens is 164 g/mol. The van der Waals surface area contributed by atoms with Crippen molar-refractivity contribution in [1.82, 2.24) is 20.1 Å². The Labute approximate surface area is 79.4 Å². The molecule has 1 aromatic heterocycles. The molecular formula is C9H18N4. The third-order valence-electron chi connectivity index (χ3n) is 1.96. The van der Waals surface area contributed by atoms with Crippen LogP contribution < -0.4 is 5.32 Å². The molecule has 1 aromatic rings. The summed E-state index contributed by atoms with van der Waals surface area (Å²) in [5.74, 6) is 2.35. The van der Waals surface area contributed by atoms with E-state index in [1.807, 2.05) is 18.7 Å².